The number of esters is 4. The first-order valence-corrected chi connectivity index (χ1v) is 44.9. The fourth-order valence-corrected chi connectivity index (χ4v) is 14.0. The number of carbonyl (C=O) groups is 4. The van der Waals surface area contributed by atoms with E-state index in [1.165, 1.54) is 225 Å². The van der Waals surface area contributed by atoms with Crippen LogP contribution < -0.4 is 0 Å². The zero-order valence-corrected chi connectivity index (χ0v) is 67.5. The molecular formula is C81H158O17P2. The first-order chi connectivity index (χ1) is 48.3. The third-order valence-corrected chi connectivity index (χ3v) is 21.1. The fourth-order valence-electron chi connectivity index (χ4n) is 12.5. The largest absolute Gasteiger partial charge is 0.472 e. The lowest BCUT2D eigenvalue weighted by atomic mass is 10.00. The molecule has 0 fully saturated rings. The molecule has 0 rings (SSSR count). The number of aliphatic hydroxyl groups excluding tert-OH is 1. The van der Waals surface area contributed by atoms with Crippen LogP contribution in [0.5, 0.6) is 0 Å². The van der Waals surface area contributed by atoms with Crippen LogP contribution in [0, 0.1) is 17.8 Å². The second-order valence-corrected chi connectivity index (χ2v) is 33.3. The van der Waals surface area contributed by atoms with Crippen molar-refractivity contribution in [2.75, 3.05) is 39.6 Å². The monoisotopic (exact) mass is 1470 g/mol. The summed E-state index contributed by atoms with van der Waals surface area (Å²) in [6.07, 6.45) is 59.9. The molecule has 0 aliphatic heterocycles. The van der Waals surface area contributed by atoms with Gasteiger partial charge in [-0.05, 0) is 43.4 Å². The average Bonchev–Trinajstić information content (AvgIpc) is 0.992. The highest BCUT2D eigenvalue weighted by Gasteiger charge is 2.30. The maximum Gasteiger partial charge on any atom is 0.472 e. The Bertz CT molecular complexity index is 1940. The van der Waals surface area contributed by atoms with Crippen molar-refractivity contribution in [1.82, 2.24) is 0 Å². The zero-order valence-electron chi connectivity index (χ0n) is 65.7. The van der Waals surface area contributed by atoms with E-state index in [9.17, 15) is 43.2 Å². The van der Waals surface area contributed by atoms with Crippen molar-refractivity contribution in [1.29, 1.82) is 0 Å². The number of carbonyl (C=O) groups excluding carboxylic acids is 4. The van der Waals surface area contributed by atoms with Crippen LogP contribution >= 0.6 is 15.6 Å². The minimum atomic E-state index is -4.96. The number of phosphoric ester groups is 2. The van der Waals surface area contributed by atoms with Crippen molar-refractivity contribution in [2.45, 2.75) is 439 Å². The SMILES string of the molecule is CCCCCCCCCCCCCCCCCCCCCCC(=O)O[C@H](COC(=O)CCCCCCCCCCCCCCCCCCC(C)C)COP(=O)(O)OC[C@@H](O)COP(=O)(O)OC[C@@H](COC(=O)CCCCCCCCC(C)CC)OC(=O)CCCCCCCCCCC(C)C. The Kier molecular flexibility index (Phi) is 69.9. The Labute approximate surface area is 613 Å². The van der Waals surface area contributed by atoms with Gasteiger partial charge in [0.2, 0.25) is 0 Å². The van der Waals surface area contributed by atoms with Crippen LogP contribution in [0.25, 0.3) is 0 Å². The molecule has 0 amide bonds. The van der Waals surface area contributed by atoms with Crippen molar-refractivity contribution in [2.24, 2.45) is 17.8 Å². The van der Waals surface area contributed by atoms with Gasteiger partial charge in [0.25, 0.3) is 0 Å². The van der Waals surface area contributed by atoms with E-state index in [0.717, 1.165) is 114 Å². The van der Waals surface area contributed by atoms with E-state index < -0.39 is 97.5 Å². The molecule has 6 atom stereocenters. The van der Waals surface area contributed by atoms with Gasteiger partial charge >= 0.3 is 39.5 Å². The molecule has 17 nitrogen and oxygen atoms in total. The van der Waals surface area contributed by atoms with Gasteiger partial charge in [-0.3, -0.25) is 37.3 Å². The van der Waals surface area contributed by atoms with E-state index in [1.54, 1.807) is 0 Å². The number of ether oxygens (including phenoxy) is 4. The van der Waals surface area contributed by atoms with E-state index in [4.69, 9.17) is 37.0 Å². The molecule has 0 aliphatic carbocycles. The number of aliphatic hydroxyl groups is 1. The Morgan fingerprint density at radius 2 is 0.510 bits per heavy atom. The average molecular weight is 1470 g/mol. The van der Waals surface area contributed by atoms with Gasteiger partial charge in [0.15, 0.2) is 12.2 Å². The molecule has 0 aliphatic rings. The zero-order chi connectivity index (χ0) is 73.7. The van der Waals surface area contributed by atoms with Crippen molar-refractivity contribution in [3.8, 4) is 0 Å². The summed E-state index contributed by atoms with van der Waals surface area (Å²) >= 11 is 0. The Morgan fingerprint density at radius 1 is 0.290 bits per heavy atom. The van der Waals surface area contributed by atoms with Crippen LogP contribution in [0.4, 0.5) is 0 Å². The first-order valence-electron chi connectivity index (χ1n) is 41.9. The topological polar surface area (TPSA) is 237 Å². The van der Waals surface area contributed by atoms with Crippen LogP contribution in [0.2, 0.25) is 0 Å². The summed E-state index contributed by atoms with van der Waals surface area (Å²) in [5, 5.41) is 10.6. The lowest BCUT2D eigenvalue weighted by Crippen LogP contribution is -2.30. The molecular weight excluding hydrogens is 1310 g/mol. The predicted molar refractivity (Wildman–Crippen MR) is 409 cm³/mol. The Balaban J connectivity index is 5.21. The Hall–Kier alpha value is -1.94. The van der Waals surface area contributed by atoms with Gasteiger partial charge in [-0.2, -0.15) is 0 Å². The lowest BCUT2D eigenvalue weighted by molar-refractivity contribution is -0.161. The second-order valence-electron chi connectivity index (χ2n) is 30.4. The molecule has 100 heavy (non-hydrogen) atoms. The highest BCUT2D eigenvalue weighted by molar-refractivity contribution is 7.47. The highest BCUT2D eigenvalue weighted by atomic mass is 31.2. The maximum absolute atomic E-state index is 13.1. The molecule has 0 heterocycles. The molecule has 3 unspecified atom stereocenters. The summed E-state index contributed by atoms with van der Waals surface area (Å²) < 4.78 is 68.7. The van der Waals surface area contributed by atoms with E-state index in [-0.39, 0.29) is 25.7 Å². The van der Waals surface area contributed by atoms with Crippen LogP contribution in [0.15, 0.2) is 0 Å². The molecule has 0 aromatic rings. The first kappa shape index (κ1) is 98.1. The summed E-state index contributed by atoms with van der Waals surface area (Å²) in [4.78, 5) is 73.0. The molecule has 3 N–H and O–H groups in total. The van der Waals surface area contributed by atoms with Crippen LogP contribution in [0.1, 0.15) is 421 Å². The fraction of sp³-hybridized carbons (Fsp3) is 0.951. The number of hydrogen-bond donors (Lipinski definition) is 3. The normalized spacial score (nSPS) is 14.2. The quantitative estimate of drug-likeness (QED) is 0.0222. The maximum atomic E-state index is 13.1. The summed E-state index contributed by atoms with van der Waals surface area (Å²) in [6, 6.07) is 0. The van der Waals surface area contributed by atoms with Gasteiger partial charge < -0.3 is 33.8 Å². The molecule has 0 aromatic carbocycles. The minimum absolute atomic E-state index is 0.104. The lowest BCUT2D eigenvalue weighted by Gasteiger charge is -2.21. The van der Waals surface area contributed by atoms with Gasteiger partial charge in [-0.1, -0.05) is 370 Å². The molecule has 0 spiro atoms. The van der Waals surface area contributed by atoms with Gasteiger partial charge in [0.1, 0.15) is 19.3 Å². The van der Waals surface area contributed by atoms with E-state index in [2.05, 4.69) is 48.5 Å². The predicted octanol–water partition coefficient (Wildman–Crippen LogP) is 24.1. The van der Waals surface area contributed by atoms with E-state index in [1.807, 2.05) is 0 Å². The number of unbranched alkanes of at least 4 members (excludes halogenated alkanes) is 46. The highest BCUT2D eigenvalue weighted by Crippen LogP contribution is 2.45. The molecule has 0 radical (unpaired) electrons. The van der Waals surface area contributed by atoms with Gasteiger partial charge in [0, 0.05) is 25.7 Å². The van der Waals surface area contributed by atoms with Gasteiger partial charge in [-0.15, -0.1) is 0 Å². The minimum Gasteiger partial charge on any atom is -0.462 e. The van der Waals surface area contributed by atoms with E-state index >= 15 is 0 Å². The molecule has 0 aromatic heterocycles. The smallest absolute Gasteiger partial charge is 0.462 e. The van der Waals surface area contributed by atoms with Crippen LogP contribution in [-0.2, 0) is 65.4 Å². The summed E-state index contributed by atoms with van der Waals surface area (Å²) in [5.41, 5.74) is 0. The Morgan fingerprint density at radius 3 is 0.760 bits per heavy atom. The summed E-state index contributed by atoms with van der Waals surface area (Å²) in [6.45, 7) is 11.9. The van der Waals surface area contributed by atoms with Crippen molar-refractivity contribution >= 4 is 39.5 Å². The van der Waals surface area contributed by atoms with Crippen LogP contribution in [-0.4, -0.2) is 96.7 Å². The molecule has 19 heteroatoms. The van der Waals surface area contributed by atoms with E-state index in [0.29, 0.717) is 25.7 Å². The standard InChI is InChI=1S/C81H158O17P2/c1-8-10-11-12-13-14-15-16-17-18-19-20-21-26-29-32-35-41-50-57-64-80(85)97-76(68-91-78(83)62-55-48-40-34-31-28-25-23-22-24-27-30-33-38-45-52-59-72(3)4)70-95-99(87,88)93-66-75(82)67-94-100(89,90)96-71-77(69-92-79(84)63-56-49-44-43-47-54-61-74(7)9-2)98-81(86)65-58-51-42-37-36-39-46-53-60-73(5)6/h72-77,82H,8-71H2,1-7H3,(H,87,88)(H,89,90)/t74?,75-,76-,77-/m1/s1. The number of phosphoric acid groups is 2. The molecule has 0 bridgehead atoms. The third-order valence-electron chi connectivity index (χ3n) is 19.2. The summed E-state index contributed by atoms with van der Waals surface area (Å²) in [7, 11) is -9.92. The number of rotatable bonds is 79. The summed E-state index contributed by atoms with van der Waals surface area (Å²) in [5.74, 6) is 0.146. The van der Waals surface area contributed by atoms with Crippen molar-refractivity contribution < 1.29 is 80.2 Å². The van der Waals surface area contributed by atoms with Gasteiger partial charge in [-0.25, -0.2) is 9.13 Å². The van der Waals surface area contributed by atoms with Crippen molar-refractivity contribution in [3.05, 3.63) is 0 Å². The third kappa shape index (κ3) is 73.0. The molecule has 0 saturated carbocycles. The molecule has 594 valence electrons. The van der Waals surface area contributed by atoms with Crippen LogP contribution in [0.3, 0.4) is 0 Å². The van der Waals surface area contributed by atoms with Gasteiger partial charge in [0.05, 0.1) is 26.4 Å². The number of hydrogen-bond acceptors (Lipinski definition) is 15. The molecule has 0 saturated heterocycles. The van der Waals surface area contributed by atoms with Crippen molar-refractivity contribution in [3.63, 3.8) is 0 Å². The second kappa shape index (κ2) is 71.3.